The molecule has 2 aromatic rings. The number of rotatable bonds is 7. The summed E-state index contributed by atoms with van der Waals surface area (Å²) in [5, 5.41) is 6.37. The molecule has 7 heteroatoms. The van der Waals surface area contributed by atoms with Crippen molar-refractivity contribution in [3.05, 3.63) is 66.0 Å². The van der Waals surface area contributed by atoms with Crippen molar-refractivity contribution >= 4 is 35.8 Å². The van der Waals surface area contributed by atoms with E-state index >= 15 is 0 Å². The van der Waals surface area contributed by atoms with E-state index in [0.717, 1.165) is 51.0 Å². The third-order valence-corrected chi connectivity index (χ3v) is 5.36. The number of pyridine rings is 1. The molecule has 1 amide bonds. The lowest BCUT2D eigenvalue weighted by atomic mass is 9.90. The Morgan fingerprint density at radius 2 is 1.83 bits per heavy atom. The molecule has 2 heterocycles. The highest BCUT2D eigenvalue weighted by Crippen LogP contribution is 2.21. The van der Waals surface area contributed by atoms with Crippen LogP contribution in [0.3, 0.4) is 0 Å². The van der Waals surface area contributed by atoms with Crippen LogP contribution in [0.5, 0.6) is 0 Å². The number of likely N-dealkylation sites (tertiary alicyclic amines) is 1. The summed E-state index contributed by atoms with van der Waals surface area (Å²) in [5.74, 6) is 1.44. The second-order valence-corrected chi connectivity index (χ2v) is 7.44. The molecule has 3 rings (SSSR count). The van der Waals surface area contributed by atoms with E-state index in [-0.39, 0.29) is 36.4 Å². The van der Waals surface area contributed by atoms with Crippen molar-refractivity contribution in [2.75, 3.05) is 33.2 Å². The number of amides is 1. The standard InChI is InChI=1S/C23H31N5O.HI/c1-24-23(26-14-10-21-9-5-6-13-25-21)27-18-22(29)28-15-11-20(12-16-28)17-19-7-3-2-4-8-19;/h2-9,13,20H,10-12,14-18H2,1H3,(H2,24,26,27);1H. The average molecular weight is 521 g/mol. The number of hydrogen-bond acceptors (Lipinski definition) is 3. The first-order valence-corrected chi connectivity index (χ1v) is 10.4. The van der Waals surface area contributed by atoms with Crippen molar-refractivity contribution in [2.24, 2.45) is 10.9 Å². The average Bonchev–Trinajstić information content (AvgIpc) is 2.78. The van der Waals surface area contributed by atoms with Gasteiger partial charge in [-0.1, -0.05) is 36.4 Å². The van der Waals surface area contributed by atoms with Gasteiger partial charge in [-0.15, -0.1) is 24.0 Å². The Morgan fingerprint density at radius 3 is 2.50 bits per heavy atom. The fourth-order valence-corrected chi connectivity index (χ4v) is 3.68. The number of guanidine groups is 1. The Bertz CT molecular complexity index is 777. The highest BCUT2D eigenvalue weighted by molar-refractivity contribution is 14.0. The highest BCUT2D eigenvalue weighted by atomic mass is 127. The van der Waals surface area contributed by atoms with Gasteiger partial charge in [0.2, 0.25) is 5.91 Å². The summed E-state index contributed by atoms with van der Waals surface area (Å²) in [5.41, 5.74) is 2.42. The second kappa shape index (κ2) is 13.2. The first kappa shape index (κ1) is 24.1. The monoisotopic (exact) mass is 521 g/mol. The molecule has 1 saturated heterocycles. The molecule has 1 aromatic carbocycles. The number of aromatic nitrogens is 1. The molecule has 1 aliphatic rings. The van der Waals surface area contributed by atoms with Gasteiger partial charge in [0.15, 0.2) is 5.96 Å². The predicted octanol–water partition coefficient (Wildman–Crippen LogP) is 2.89. The number of nitrogens with one attached hydrogen (secondary N) is 2. The molecule has 0 spiro atoms. The highest BCUT2D eigenvalue weighted by Gasteiger charge is 2.22. The van der Waals surface area contributed by atoms with E-state index in [0.29, 0.717) is 11.9 Å². The zero-order chi connectivity index (χ0) is 20.3. The van der Waals surface area contributed by atoms with Crippen molar-refractivity contribution in [2.45, 2.75) is 25.7 Å². The first-order valence-electron chi connectivity index (χ1n) is 10.4. The maximum Gasteiger partial charge on any atom is 0.241 e. The maximum absolute atomic E-state index is 12.5. The van der Waals surface area contributed by atoms with Gasteiger partial charge in [-0.05, 0) is 42.9 Å². The van der Waals surface area contributed by atoms with E-state index in [1.54, 1.807) is 13.2 Å². The van der Waals surface area contributed by atoms with Gasteiger partial charge in [0, 0.05) is 45.0 Å². The largest absolute Gasteiger partial charge is 0.356 e. The van der Waals surface area contributed by atoms with Crippen LogP contribution < -0.4 is 10.6 Å². The van der Waals surface area contributed by atoms with Crippen LogP contribution in [-0.4, -0.2) is 55.0 Å². The van der Waals surface area contributed by atoms with Crippen molar-refractivity contribution in [3.8, 4) is 0 Å². The van der Waals surface area contributed by atoms with Crippen LogP contribution in [0.4, 0.5) is 0 Å². The minimum Gasteiger partial charge on any atom is -0.356 e. The smallest absolute Gasteiger partial charge is 0.241 e. The summed E-state index contributed by atoms with van der Waals surface area (Å²) in [6, 6.07) is 16.5. The number of carbonyl (C=O) groups is 1. The van der Waals surface area contributed by atoms with Crippen LogP contribution in [0.2, 0.25) is 0 Å². The van der Waals surface area contributed by atoms with E-state index in [9.17, 15) is 4.79 Å². The van der Waals surface area contributed by atoms with Crippen LogP contribution in [0, 0.1) is 5.92 Å². The van der Waals surface area contributed by atoms with Gasteiger partial charge in [-0.3, -0.25) is 14.8 Å². The molecule has 30 heavy (non-hydrogen) atoms. The first-order chi connectivity index (χ1) is 14.2. The van der Waals surface area contributed by atoms with Gasteiger partial charge in [-0.2, -0.15) is 0 Å². The SMILES string of the molecule is CN=C(NCCc1ccccn1)NCC(=O)N1CCC(Cc2ccccc2)CC1.I. The molecular formula is C23H32IN5O. The van der Waals surface area contributed by atoms with Crippen LogP contribution in [-0.2, 0) is 17.6 Å². The molecule has 1 aromatic heterocycles. The molecular weight excluding hydrogens is 489 g/mol. The lowest BCUT2D eigenvalue weighted by Crippen LogP contribution is -2.47. The molecule has 162 valence electrons. The Labute approximate surface area is 196 Å². The summed E-state index contributed by atoms with van der Waals surface area (Å²) in [6.07, 6.45) is 5.85. The Hall–Kier alpha value is -2.16. The van der Waals surface area contributed by atoms with Gasteiger partial charge >= 0.3 is 0 Å². The molecule has 0 atom stereocenters. The zero-order valence-electron chi connectivity index (χ0n) is 17.6. The number of benzene rings is 1. The Morgan fingerprint density at radius 1 is 1.10 bits per heavy atom. The Kier molecular flexibility index (Phi) is 10.6. The second-order valence-electron chi connectivity index (χ2n) is 7.44. The van der Waals surface area contributed by atoms with Crippen LogP contribution in [0.15, 0.2) is 59.7 Å². The lowest BCUT2D eigenvalue weighted by Gasteiger charge is -2.32. The summed E-state index contributed by atoms with van der Waals surface area (Å²) < 4.78 is 0. The molecule has 0 unspecified atom stereocenters. The Balaban J connectivity index is 0.00000320. The van der Waals surface area contributed by atoms with Gasteiger partial charge in [0.05, 0.1) is 6.54 Å². The van der Waals surface area contributed by atoms with E-state index < -0.39 is 0 Å². The van der Waals surface area contributed by atoms with E-state index in [2.05, 4.69) is 50.9 Å². The van der Waals surface area contributed by atoms with Gasteiger partial charge < -0.3 is 15.5 Å². The van der Waals surface area contributed by atoms with E-state index in [1.165, 1.54) is 5.56 Å². The van der Waals surface area contributed by atoms with Crippen molar-refractivity contribution in [1.82, 2.24) is 20.5 Å². The molecule has 0 radical (unpaired) electrons. The minimum absolute atomic E-state index is 0. The van der Waals surface area contributed by atoms with Crippen molar-refractivity contribution in [3.63, 3.8) is 0 Å². The minimum atomic E-state index is 0. The molecule has 0 aliphatic carbocycles. The third kappa shape index (κ3) is 7.93. The summed E-state index contributed by atoms with van der Waals surface area (Å²) >= 11 is 0. The number of piperidine rings is 1. The summed E-state index contributed by atoms with van der Waals surface area (Å²) in [7, 11) is 1.72. The molecule has 1 aliphatic heterocycles. The third-order valence-electron chi connectivity index (χ3n) is 5.36. The zero-order valence-corrected chi connectivity index (χ0v) is 19.9. The van der Waals surface area contributed by atoms with E-state index in [1.807, 2.05) is 23.1 Å². The lowest BCUT2D eigenvalue weighted by molar-refractivity contribution is -0.131. The van der Waals surface area contributed by atoms with Gasteiger partial charge in [-0.25, -0.2) is 0 Å². The van der Waals surface area contributed by atoms with Crippen LogP contribution in [0.1, 0.15) is 24.1 Å². The fraction of sp³-hybridized carbons (Fsp3) is 0.435. The van der Waals surface area contributed by atoms with Crippen LogP contribution in [0.25, 0.3) is 0 Å². The van der Waals surface area contributed by atoms with Crippen molar-refractivity contribution in [1.29, 1.82) is 0 Å². The topological polar surface area (TPSA) is 69.6 Å². The van der Waals surface area contributed by atoms with Gasteiger partial charge in [0.25, 0.3) is 0 Å². The molecule has 2 N–H and O–H groups in total. The number of aliphatic imine (C=N–C) groups is 1. The summed E-state index contributed by atoms with van der Waals surface area (Å²) in [6.45, 7) is 2.66. The van der Waals surface area contributed by atoms with Crippen LogP contribution >= 0.6 is 24.0 Å². The fourth-order valence-electron chi connectivity index (χ4n) is 3.68. The van der Waals surface area contributed by atoms with Crippen molar-refractivity contribution < 1.29 is 4.79 Å². The number of nitrogens with zero attached hydrogens (tertiary/aromatic N) is 3. The molecule has 0 bridgehead atoms. The van der Waals surface area contributed by atoms with E-state index in [4.69, 9.17) is 0 Å². The predicted molar refractivity (Wildman–Crippen MR) is 132 cm³/mol. The number of carbonyl (C=O) groups excluding carboxylic acids is 1. The maximum atomic E-state index is 12.5. The molecule has 6 nitrogen and oxygen atoms in total. The number of halogens is 1. The summed E-state index contributed by atoms with van der Waals surface area (Å²) in [4.78, 5) is 23.0. The normalized spacial score (nSPS) is 14.7. The van der Waals surface area contributed by atoms with Gasteiger partial charge in [0.1, 0.15) is 0 Å². The molecule has 0 saturated carbocycles. The molecule has 1 fully saturated rings. The quantitative estimate of drug-likeness (QED) is 0.334. The number of hydrogen-bond donors (Lipinski definition) is 2.